The van der Waals surface area contributed by atoms with Gasteiger partial charge in [-0.1, -0.05) is 0 Å². The van der Waals surface area contributed by atoms with E-state index >= 15 is 0 Å². The first-order valence-electron chi connectivity index (χ1n) is 7.31. The molecule has 1 saturated heterocycles. The van der Waals surface area contributed by atoms with Crippen molar-refractivity contribution < 1.29 is 4.42 Å². The van der Waals surface area contributed by atoms with Crippen LogP contribution in [0.5, 0.6) is 0 Å². The third-order valence-corrected chi connectivity index (χ3v) is 4.17. The molecule has 1 aliphatic carbocycles. The normalized spacial score (nSPS) is 24.0. The average molecular weight is 264 g/mol. The van der Waals surface area contributed by atoms with Gasteiger partial charge in [-0.25, -0.2) is 0 Å². The molecule has 2 heterocycles. The highest BCUT2D eigenvalue weighted by atomic mass is 16.4. The molecular weight excluding hydrogens is 240 g/mol. The van der Waals surface area contributed by atoms with Crippen LogP contribution in [0.25, 0.3) is 0 Å². The fourth-order valence-corrected chi connectivity index (χ4v) is 2.69. The molecule has 2 fully saturated rings. The second kappa shape index (κ2) is 5.51. The van der Waals surface area contributed by atoms with Crippen LogP contribution in [-0.4, -0.2) is 49.2 Å². The van der Waals surface area contributed by atoms with Crippen LogP contribution in [0.15, 0.2) is 10.7 Å². The quantitative estimate of drug-likeness (QED) is 0.842. The van der Waals surface area contributed by atoms with Crippen molar-refractivity contribution >= 4 is 6.01 Å². The summed E-state index contributed by atoms with van der Waals surface area (Å²) in [6.45, 7) is 3.03. The maximum atomic E-state index is 5.58. The van der Waals surface area contributed by atoms with E-state index in [1.54, 1.807) is 6.26 Å². The van der Waals surface area contributed by atoms with Crippen molar-refractivity contribution in [3.8, 4) is 0 Å². The fourth-order valence-electron chi connectivity index (χ4n) is 2.69. The zero-order chi connectivity index (χ0) is 13.2. The van der Waals surface area contributed by atoms with Gasteiger partial charge >= 0.3 is 0 Å². The summed E-state index contributed by atoms with van der Waals surface area (Å²) in [7, 11) is 4.27. The minimum absolute atomic E-state index is 0.630. The lowest BCUT2D eigenvalue weighted by Crippen LogP contribution is -2.36. The summed E-state index contributed by atoms with van der Waals surface area (Å²) in [5.41, 5.74) is 1.01. The van der Waals surface area contributed by atoms with E-state index in [4.69, 9.17) is 4.42 Å². The summed E-state index contributed by atoms with van der Waals surface area (Å²) in [6.07, 6.45) is 6.96. The smallest absolute Gasteiger partial charge is 0.297 e. The average Bonchev–Trinajstić information content (AvgIpc) is 2.96. The Morgan fingerprint density at radius 2 is 2.32 bits per heavy atom. The maximum Gasteiger partial charge on any atom is 0.297 e. The number of oxazole rings is 1. The van der Waals surface area contributed by atoms with E-state index in [9.17, 15) is 0 Å². The van der Waals surface area contributed by atoms with E-state index in [0.717, 1.165) is 24.8 Å². The first kappa shape index (κ1) is 12.9. The molecule has 1 saturated carbocycles. The molecule has 1 aliphatic heterocycles. The Morgan fingerprint density at radius 3 is 3.00 bits per heavy atom. The summed E-state index contributed by atoms with van der Waals surface area (Å²) >= 11 is 0. The van der Waals surface area contributed by atoms with Crippen LogP contribution in [0.2, 0.25) is 0 Å². The van der Waals surface area contributed by atoms with Crippen molar-refractivity contribution in [1.29, 1.82) is 0 Å². The van der Waals surface area contributed by atoms with Gasteiger partial charge in [0.1, 0.15) is 6.26 Å². The highest BCUT2D eigenvalue weighted by molar-refractivity contribution is 5.26. The zero-order valence-electron chi connectivity index (χ0n) is 11.9. The van der Waals surface area contributed by atoms with E-state index in [2.05, 4.69) is 34.2 Å². The van der Waals surface area contributed by atoms with Crippen LogP contribution in [0.1, 0.15) is 31.4 Å². The number of anilines is 1. The second-order valence-electron chi connectivity index (χ2n) is 5.93. The highest BCUT2D eigenvalue weighted by Gasteiger charge is 2.24. The Hall–Kier alpha value is -1.07. The lowest BCUT2D eigenvalue weighted by Gasteiger charge is -2.24. The first-order valence-corrected chi connectivity index (χ1v) is 7.31. The van der Waals surface area contributed by atoms with Crippen molar-refractivity contribution in [2.45, 2.75) is 44.3 Å². The number of hydrogen-bond acceptors (Lipinski definition) is 5. The second-order valence-corrected chi connectivity index (χ2v) is 5.93. The molecule has 0 spiro atoms. The third kappa shape index (κ3) is 3.28. The van der Waals surface area contributed by atoms with Crippen LogP contribution in [0.4, 0.5) is 6.01 Å². The Labute approximate surface area is 115 Å². The maximum absolute atomic E-state index is 5.58. The van der Waals surface area contributed by atoms with Crippen LogP contribution in [0, 0.1) is 0 Å². The van der Waals surface area contributed by atoms with E-state index in [-0.39, 0.29) is 0 Å². The SMILES string of the molecule is CN(CC1CCCN1C)c1nc(CNC2CC2)co1. The topological polar surface area (TPSA) is 44.5 Å². The van der Waals surface area contributed by atoms with E-state index in [1.165, 1.54) is 32.2 Å². The Morgan fingerprint density at radius 1 is 1.47 bits per heavy atom. The van der Waals surface area contributed by atoms with Gasteiger partial charge in [0.05, 0.1) is 5.69 Å². The van der Waals surface area contributed by atoms with Crippen molar-refractivity contribution in [1.82, 2.24) is 15.2 Å². The summed E-state index contributed by atoms with van der Waals surface area (Å²) in [5, 5.41) is 3.46. The van der Waals surface area contributed by atoms with Crippen LogP contribution >= 0.6 is 0 Å². The Kier molecular flexibility index (Phi) is 3.75. The number of likely N-dealkylation sites (N-methyl/N-ethyl adjacent to an activating group) is 2. The molecule has 1 unspecified atom stereocenters. The molecule has 0 bridgehead atoms. The number of nitrogens with zero attached hydrogens (tertiary/aromatic N) is 3. The predicted molar refractivity (Wildman–Crippen MR) is 75.3 cm³/mol. The molecule has 3 rings (SSSR count). The molecule has 5 heteroatoms. The molecule has 2 aliphatic rings. The van der Waals surface area contributed by atoms with Gasteiger partial charge in [0.25, 0.3) is 6.01 Å². The van der Waals surface area contributed by atoms with Crippen LogP contribution in [-0.2, 0) is 6.54 Å². The zero-order valence-corrected chi connectivity index (χ0v) is 11.9. The standard InChI is InChI=1S/C14H24N4O/c1-17-7-3-4-13(17)9-18(2)14-16-12(10-19-14)8-15-11-5-6-11/h10-11,13,15H,3-9H2,1-2H3. The van der Waals surface area contributed by atoms with Gasteiger partial charge in [0.15, 0.2) is 0 Å². The Balaban J connectivity index is 1.52. The monoisotopic (exact) mass is 264 g/mol. The summed E-state index contributed by atoms with van der Waals surface area (Å²) < 4.78 is 5.58. The Bertz CT molecular complexity index is 415. The minimum atomic E-state index is 0.630. The van der Waals surface area contributed by atoms with Gasteiger partial charge in [-0.2, -0.15) is 4.98 Å². The lowest BCUT2D eigenvalue weighted by atomic mass is 10.2. The summed E-state index contributed by atoms with van der Waals surface area (Å²) in [5.74, 6) is 0. The van der Waals surface area contributed by atoms with E-state index in [1.807, 2.05) is 0 Å². The van der Waals surface area contributed by atoms with Crippen molar-refractivity contribution in [3.63, 3.8) is 0 Å². The third-order valence-electron chi connectivity index (χ3n) is 4.17. The highest BCUT2D eigenvalue weighted by Crippen LogP contribution is 2.21. The molecule has 1 N–H and O–H groups in total. The van der Waals surface area contributed by atoms with Gasteiger partial charge in [-0.3, -0.25) is 0 Å². The number of hydrogen-bond donors (Lipinski definition) is 1. The molecule has 19 heavy (non-hydrogen) atoms. The van der Waals surface area contributed by atoms with Gasteiger partial charge < -0.3 is 19.5 Å². The van der Waals surface area contributed by atoms with Gasteiger partial charge in [0.2, 0.25) is 0 Å². The molecule has 1 aromatic rings. The summed E-state index contributed by atoms with van der Waals surface area (Å²) in [6, 6.07) is 2.09. The van der Waals surface area contributed by atoms with E-state index < -0.39 is 0 Å². The van der Waals surface area contributed by atoms with Gasteiger partial charge in [-0.05, 0) is 39.3 Å². The number of aromatic nitrogens is 1. The van der Waals surface area contributed by atoms with Crippen molar-refractivity contribution in [3.05, 3.63) is 12.0 Å². The predicted octanol–water partition coefficient (Wildman–Crippen LogP) is 1.46. The lowest BCUT2D eigenvalue weighted by molar-refractivity contribution is 0.311. The van der Waals surface area contributed by atoms with Crippen LogP contribution < -0.4 is 10.2 Å². The molecule has 1 atom stereocenters. The summed E-state index contributed by atoms with van der Waals surface area (Å²) in [4.78, 5) is 9.11. The largest absolute Gasteiger partial charge is 0.432 e. The first-order chi connectivity index (χ1) is 9.22. The molecular formula is C14H24N4O. The van der Waals surface area contributed by atoms with Crippen molar-refractivity contribution in [2.75, 3.05) is 32.1 Å². The van der Waals surface area contributed by atoms with Crippen molar-refractivity contribution in [2.24, 2.45) is 0 Å². The molecule has 106 valence electrons. The van der Waals surface area contributed by atoms with Crippen LogP contribution in [0.3, 0.4) is 0 Å². The number of nitrogens with one attached hydrogen (secondary N) is 1. The molecule has 1 aromatic heterocycles. The molecule has 0 radical (unpaired) electrons. The minimum Gasteiger partial charge on any atom is -0.432 e. The number of rotatable bonds is 6. The molecule has 5 nitrogen and oxygen atoms in total. The van der Waals surface area contributed by atoms with E-state index in [0.29, 0.717) is 12.1 Å². The molecule has 0 aromatic carbocycles. The van der Waals surface area contributed by atoms with Gasteiger partial charge in [0, 0.05) is 32.2 Å². The molecule has 0 amide bonds. The fraction of sp³-hybridized carbons (Fsp3) is 0.786. The van der Waals surface area contributed by atoms with Gasteiger partial charge in [-0.15, -0.1) is 0 Å². The number of likely N-dealkylation sites (tertiary alicyclic amines) is 1.